The summed E-state index contributed by atoms with van der Waals surface area (Å²) in [5.74, 6) is 0.469. The molecule has 0 aliphatic rings. The van der Waals surface area contributed by atoms with Crippen molar-refractivity contribution in [3.63, 3.8) is 0 Å². The molecule has 1 heterocycles. The van der Waals surface area contributed by atoms with E-state index < -0.39 is 0 Å². The molecule has 162 valence electrons. The standard InChI is InChI=1S/C21H22ClN5O3S/c1-13-6-4-5-7-15(13)20(29)23-11-18-25-27(21(31)26(18)2)12-19(28)24-16-10-14(22)8-9-17(16)30-3/h4-10H,11-12H2,1-3H3,(H,23,29)(H,24,28). The number of benzene rings is 2. The number of rotatable bonds is 7. The Kier molecular flexibility index (Phi) is 7.09. The first kappa shape index (κ1) is 22.5. The van der Waals surface area contributed by atoms with Crippen LogP contribution in [0.2, 0.25) is 5.02 Å². The number of carbonyl (C=O) groups excluding carboxylic acids is 2. The van der Waals surface area contributed by atoms with Crippen LogP contribution >= 0.6 is 23.8 Å². The van der Waals surface area contributed by atoms with E-state index in [1.165, 1.54) is 11.8 Å². The molecule has 8 nitrogen and oxygen atoms in total. The van der Waals surface area contributed by atoms with Gasteiger partial charge in [0.25, 0.3) is 5.91 Å². The fourth-order valence-electron chi connectivity index (χ4n) is 2.98. The highest BCUT2D eigenvalue weighted by Crippen LogP contribution is 2.27. The predicted octanol–water partition coefficient (Wildman–Crippen LogP) is 3.49. The number of amides is 2. The molecule has 3 aromatic rings. The van der Waals surface area contributed by atoms with Crippen LogP contribution in [0, 0.1) is 11.7 Å². The van der Waals surface area contributed by atoms with Gasteiger partial charge in [-0.25, -0.2) is 4.68 Å². The van der Waals surface area contributed by atoms with Crippen molar-refractivity contribution in [1.82, 2.24) is 19.7 Å². The summed E-state index contributed by atoms with van der Waals surface area (Å²) < 4.78 is 8.65. The van der Waals surface area contributed by atoms with Gasteiger partial charge in [-0.15, -0.1) is 0 Å². The minimum Gasteiger partial charge on any atom is -0.495 e. The Morgan fingerprint density at radius 3 is 2.68 bits per heavy atom. The molecule has 2 amide bonds. The van der Waals surface area contributed by atoms with E-state index in [0.29, 0.717) is 32.6 Å². The molecule has 3 rings (SSSR count). The monoisotopic (exact) mass is 459 g/mol. The van der Waals surface area contributed by atoms with E-state index in [0.717, 1.165) is 5.56 Å². The molecule has 0 unspecified atom stereocenters. The maximum absolute atomic E-state index is 12.5. The maximum atomic E-state index is 12.5. The van der Waals surface area contributed by atoms with Crippen molar-refractivity contribution < 1.29 is 14.3 Å². The van der Waals surface area contributed by atoms with Crippen LogP contribution in [0.5, 0.6) is 5.75 Å². The van der Waals surface area contributed by atoms with Gasteiger partial charge >= 0.3 is 0 Å². The van der Waals surface area contributed by atoms with Crippen molar-refractivity contribution in [3.05, 3.63) is 69.2 Å². The summed E-state index contributed by atoms with van der Waals surface area (Å²) in [7, 11) is 3.24. The van der Waals surface area contributed by atoms with Crippen LogP contribution in [0.4, 0.5) is 5.69 Å². The summed E-state index contributed by atoms with van der Waals surface area (Å²) >= 11 is 11.4. The average molecular weight is 460 g/mol. The number of aryl methyl sites for hydroxylation is 1. The second kappa shape index (κ2) is 9.76. The van der Waals surface area contributed by atoms with Gasteiger partial charge in [0, 0.05) is 17.6 Å². The number of hydrogen-bond acceptors (Lipinski definition) is 5. The molecule has 10 heteroatoms. The number of nitrogens with one attached hydrogen (secondary N) is 2. The summed E-state index contributed by atoms with van der Waals surface area (Å²) in [4.78, 5) is 25.0. The molecule has 0 fully saturated rings. The molecule has 0 radical (unpaired) electrons. The average Bonchev–Trinajstić information content (AvgIpc) is 3.00. The number of aromatic nitrogens is 3. The van der Waals surface area contributed by atoms with Crippen LogP contribution in [0.25, 0.3) is 0 Å². The Morgan fingerprint density at radius 2 is 1.97 bits per heavy atom. The van der Waals surface area contributed by atoms with E-state index >= 15 is 0 Å². The lowest BCUT2D eigenvalue weighted by molar-refractivity contribution is -0.117. The zero-order valence-corrected chi connectivity index (χ0v) is 18.9. The first-order valence-electron chi connectivity index (χ1n) is 9.40. The summed E-state index contributed by atoms with van der Waals surface area (Å²) in [6.45, 7) is 1.94. The molecule has 0 bridgehead atoms. The Hall–Kier alpha value is -3.17. The van der Waals surface area contributed by atoms with E-state index in [2.05, 4.69) is 15.7 Å². The van der Waals surface area contributed by atoms with Crippen LogP contribution in [-0.4, -0.2) is 33.3 Å². The Balaban J connectivity index is 1.69. The minimum absolute atomic E-state index is 0.103. The summed E-state index contributed by atoms with van der Waals surface area (Å²) in [5, 5.41) is 10.4. The van der Waals surface area contributed by atoms with Crippen LogP contribution < -0.4 is 15.4 Å². The SMILES string of the molecule is COc1ccc(Cl)cc1NC(=O)Cn1nc(CNC(=O)c2ccccc2C)n(C)c1=S. The molecule has 2 N–H and O–H groups in total. The predicted molar refractivity (Wildman–Crippen MR) is 121 cm³/mol. The normalized spacial score (nSPS) is 10.6. The first-order valence-corrected chi connectivity index (χ1v) is 10.2. The third-order valence-corrected chi connectivity index (χ3v) is 5.38. The van der Waals surface area contributed by atoms with E-state index in [1.807, 2.05) is 25.1 Å². The van der Waals surface area contributed by atoms with Gasteiger partial charge in [-0.05, 0) is 49.0 Å². The van der Waals surface area contributed by atoms with Crippen molar-refractivity contribution in [2.24, 2.45) is 7.05 Å². The Labute approximate surface area is 189 Å². The summed E-state index contributed by atoms with van der Waals surface area (Å²) in [6, 6.07) is 12.3. The number of nitrogens with zero attached hydrogens (tertiary/aromatic N) is 3. The second-order valence-corrected chi connectivity index (χ2v) is 7.61. The van der Waals surface area contributed by atoms with Crippen LogP contribution in [0.3, 0.4) is 0 Å². The molecule has 2 aromatic carbocycles. The van der Waals surface area contributed by atoms with Crippen molar-refractivity contribution >= 4 is 41.3 Å². The fourth-order valence-corrected chi connectivity index (χ4v) is 3.36. The van der Waals surface area contributed by atoms with Crippen molar-refractivity contribution in [3.8, 4) is 5.75 Å². The van der Waals surface area contributed by atoms with Gasteiger partial charge in [0.05, 0.1) is 19.3 Å². The highest BCUT2D eigenvalue weighted by molar-refractivity contribution is 7.71. The number of methoxy groups -OCH3 is 1. The van der Waals surface area contributed by atoms with Gasteiger partial charge in [0.2, 0.25) is 5.91 Å². The van der Waals surface area contributed by atoms with Crippen LogP contribution in [-0.2, 0) is 24.9 Å². The molecule has 31 heavy (non-hydrogen) atoms. The largest absolute Gasteiger partial charge is 0.495 e. The van der Waals surface area contributed by atoms with E-state index in [1.54, 1.807) is 35.9 Å². The molecule has 0 saturated heterocycles. The number of anilines is 1. The number of carbonyl (C=O) groups is 2. The quantitative estimate of drug-likeness (QED) is 0.528. The molecular formula is C21H22ClN5O3S. The lowest BCUT2D eigenvalue weighted by Gasteiger charge is -2.10. The molecule has 1 aromatic heterocycles. The van der Waals surface area contributed by atoms with Gasteiger partial charge in [-0.3, -0.25) is 9.59 Å². The van der Waals surface area contributed by atoms with Gasteiger partial charge in [0.15, 0.2) is 10.6 Å². The lowest BCUT2D eigenvalue weighted by atomic mass is 10.1. The van der Waals surface area contributed by atoms with Crippen molar-refractivity contribution in [2.75, 3.05) is 12.4 Å². The van der Waals surface area contributed by atoms with Gasteiger partial charge in [-0.1, -0.05) is 29.8 Å². The molecule has 0 aliphatic heterocycles. The van der Waals surface area contributed by atoms with Crippen molar-refractivity contribution in [2.45, 2.75) is 20.0 Å². The highest BCUT2D eigenvalue weighted by atomic mass is 35.5. The zero-order chi connectivity index (χ0) is 22.5. The first-order chi connectivity index (χ1) is 14.8. The fraction of sp³-hybridized carbons (Fsp3) is 0.238. The summed E-state index contributed by atoms with van der Waals surface area (Å²) in [5.41, 5.74) is 1.93. The van der Waals surface area contributed by atoms with Crippen molar-refractivity contribution in [1.29, 1.82) is 0 Å². The molecule has 0 aliphatic carbocycles. The number of ether oxygens (including phenoxy) is 1. The molecule has 0 atom stereocenters. The van der Waals surface area contributed by atoms with Gasteiger partial charge in [0.1, 0.15) is 12.3 Å². The number of halogens is 1. The Bertz CT molecular complexity index is 1190. The van der Waals surface area contributed by atoms with Crippen LogP contribution in [0.15, 0.2) is 42.5 Å². The maximum Gasteiger partial charge on any atom is 0.251 e. The van der Waals surface area contributed by atoms with E-state index in [-0.39, 0.29) is 24.9 Å². The van der Waals surface area contributed by atoms with E-state index in [4.69, 9.17) is 28.6 Å². The highest BCUT2D eigenvalue weighted by Gasteiger charge is 2.15. The summed E-state index contributed by atoms with van der Waals surface area (Å²) in [6.07, 6.45) is 0. The minimum atomic E-state index is -0.342. The third-order valence-electron chi connectivity index (χ3n) is 4.66. The molecule has 0 saturated carbocycles. The van der Waals surface area contributed by atoms with E-state index in [9.17, 15) is 9.59 Å². The molecular weight excluding hydrogens is 438 g/mol. The van der Waals surface area contributed by atoms with Gasteiger partial charge in [-0.2, -0.15) is 5.10 Å². The third kappa shape index (κ3) is 5.31. The number of hydrogen-bond donors (Lipinski definition) is 2. The Morgan fingerprint density at radius 1 is 1.23 bits per heavy atom. The molecule has 0 spiro atoms. The lowest BCUT2D eigenvalue weighted by Crippen LogP contribution is -2.25. The van der Waals surface area contributed by atoms with Gasteiger partial charge < -0.3 is 19.9 Å². The topological polar surface area (TPSA) is 90.2 Å². The smallest absolute Gasteiger partial charge is 0.251 e. The second-order valence-electron chi connectivity index (χ2n) is 6.81. The zero-order valence-electron chi connectivity index (χ0n) is 17.3. The van der Waals surface area contributed by atoms with Crippen LogP contribution in [0.1, 0.15) is 21.7 Å².